The van der Waals surface area contributed by atoms with Crippen LogP contribution in [0.25, 0.3) is 10.9 Å². The maximum absolute atomic E-state index is 15.7. The van der Waals surface area contributed by atoms with Crippen molar-refractivity contribution in [1.82, 2.24) is 14.8 Å². The Kier molecular flexibility index (Phi) is 7.36. The number of fused-ring (bicyclic) bond motifs is 3. The minimum atomic E-state index is -3.62. The number of aliphatic hydroxyl groups excluding tert-OH is 1. The van der Waals surface area contributed by atoms with Gasteiger partial charge in [-0.2, -0.15) is 0 Å². The fraction of sp³-hybridized carbons (Fsp3) is 0.481. The van der Waals surface area contributed by atoms with Gasteiger partial charge in [-0.05, 0) is 31.5 Å². The lowest BCUT2D eigenvalue weighted by atomic mass is 9.86. The topological polar surface area (TPSA) is 54.5 Å². The van der Waals surface area contributed by atoms with Gasteiger partial charge in [-0.15, -0.1) is 0 Å². The summed E-state index contributed by atoms with van der Waals surface area (Å²) in [6, 6.07) is 6.39. The van der Waals surface area contributed by atoms with Gasteiger partial charge in [-0.1, -0.05) is 18.2 Å². The van der Waals surface area contributed by atoms with Crippen molar-refractivity contribution in [3.63, 3.8) is 0 Å². The summed E-state index contributed by atoms with van der Waals surface area (Å²) in [5.41, 5.74) is 0.524. The molecule has 5 nitrogen and oxygen atoms in total. The molecule has 0 bridgehead atoms. The Morgan fingerprint density at radius 1 is 1.11 bits per heavy atom. The predicted molar refractivity (Wildman–Crippen MR) is 133 cm³/mol. The predicted octanol–water partition coefficient (Wildman–Crippen LogP) is 5.33. The largest absolute Gasteiger partial charge is 0.390 e. The van der Waals surface area contributed by atoms with Gasteiger partial charge in [0.25, 0.3) is 5.92 Å². The zero-order valence-corrected chi connectivity index (χ0v) is 20.8. The maximum Gasteiger partial charge on any atom is 0.283 e. The van der Waals surface area contributed by atoms with Crippen LogP contribution in [0.15, 0.2) is 36.4 Å². The monoisotopic (exact) mass is 540 g/mol. The third-order valence-electron chi connectivity index (χ3n) is 7.54. The quantitative estimate of drug-likeness (QED) is 0.321. The smallest absolute Gasteiger partial charge is 0.283 e. The van der Waals surface area contributed by atoms with Gasteiger partial charge in [0.2, 0.25) is 0 Å². The molecule has 3 unspecified atom stereocenters. The Balaban J connectivity index is 1.53. The summed E-state index contributed by atoms with van der Waals surface area (Å²) in [5.74, 6) is -5.54. The number of aromatic amines is 1. The van der Waals surface area contributed by atoms with Crippen molar-refractivity contribution in [2.45, 2.75) is 43.6 Å². The van der Waals surface area contributed by atoms with Crippen LogP contribution in [-0.4, -0.2) is 77.4 Å². The van der Waals surface area contributed by atoms with Gasteiger partial charge < -0.3 is 15.4 Å². The van der Waals surface area contributed by atoms with Crippen molar-refractivity contribution in [2.75, 3.05) is 44.8 Å². The lowest BCUT2D eigenvalue weighted by Gasteiger charge is -2.44. The number of aromatic nitrogens is 1. The highest BCUT2D eigenvalue weighted by Gasteiger charge is 2.47. The second kappa shape index (κ2) is 10.4. The molecule has 2 aliphatic rings. The van der Waals surface area contributed by atoms with Gasteiger partial charge in [-0.25, -0.2) is 22.0 Å². The Labute approximate surface area is 216 Å². The van der Waals surface area contributed by atoms with Gasteiger partial charge in [0.1, 0.15) is 24.4 Å². The number of H-pyrrole nitrogens is 1. The van der Waals surface area contributed by atoms with Gasteiger partial charge in [0.15, 0.2) is 0 Å². The first-order chi connectivity index (χ1) is 18.1. The second-order valence-electron chi connectivity index (χ2n) is 10.2. The van der Waals surface area contributed by atoms with Crippen LogP contribution in [0, 0.1) is 11.6 Å². The molecule has 3 heterocycles. The molecule has 3 N–H and O–H groups in total. The molecule has 11 heteroatoms. The van der Waals surface area contributed by atoms with Gasteiger partial charge >= 0.3 is 0 Å². The zero-order chi connectivity index (χ0) is 27.2. The molecule has 38 heavy (non-hydrogen) atoms. The number of halogens is 6. The Morgan fingerprint density at radius 3 is 2.45 bits per heavy atom. The molecule has 2 aromatic carbocycles. The van der Waals surface area contributed by atoms with Crippen molar-refractivity contribution in [3.05, 3.63) is 64.9 Å². The van der Waals surface area contributed by atoms with E-state index in [9.17, 15) is 18.3 Å². The number of likely N-dealkylation sites (tertiary alicyclic amines) is 1. The highest BCUT2D eigenvalue weighted by atomic mass is 19.3. The highest BCUT2D eigenvalue weighted by Crippen LogP contribution is 2.48. The van der Waals surface area contributed by atoms with E-state index in [2.05, 4.69) is 10.3 Å². The first kappa shape index (κ1) is 26.8. The molecule has 206 valence electrons. The van der Waals surface area contributed by atoms with Crippen LogP contribution in [-0.2, 0) is 0 Å². The van der Waals surface area contributed by atoms with E-state index < -0.39 is 61.2 Å². The highest BCUT2D eigenvalue weighted by molar-refractivity contribution is 5.86. The molecule has 3 atom stereocenters. The number of hydrogen-bond acceptors (Lipinski definition) is 4. The van der Waals surface area contributed by atoms with E-state index in [1.165, 1.54) is 6.92 Å². The molecule has 0 amide bonds. The molecule has 0 saturated carbocycles. The van der Waals surface area contributed by atoms with Crippen LogP contribution in [0.1, 0.15) is 42.4 Å². The van der Waals surface area contributed by atoms with Crippen LogP contribution in [0.4, 0.5) is 32.0 Å². The average Bonchev–Trinajstić information content (AvgIpc) is 3.24. The van der Waals surface area contributed by atoms with Crippen molar-refractivity contribution < 1.29 is 31.4 Å². The molecule has 0 radical (unpaired) electrons. The Bertz CT molecular complexity index is 1270. The zero-order valence-electron chi connectivity index (χ0n) is 20.8. The van der Waals surface area contributed by atoms with Crippen LogP contribution < -0.4 is 5.32 Å². The SMILES string of the molecule is CC1C(F)c2c([nH]c3ccccc23)C(c2c(F)cc(NC3CN(CCCF)C3)cc2F)N1CC(F)(F)CO. The normalized spacial score (nSPS) is 23.0. The Hall–Kier alpha value is -2.76. The van der Waals surface area contributed by atoms with Crippen molar-refractivity contribution >= 4 is 16.6 Å². The van der Waals surface area contributed by atoms with Gasteiger partial charge in [0, 0.05) is 59.1 Å². The van der Waals surface area contributed by atoms with E-state index in [-0.39, 0.29) is 23.0 Å². The summed E-state index contributed by atoms with van der Waals surface area (Å²) < 4.78 is 88.3. The second-order valence-corrected chi connectivity index (χ2v) is 10.2. The van der Waals surface area contributed by atoms with E-state index in [0.717, 1.165) is 17.0 Å². The lowest BCUT2D eigenvalue weighted by molar-refractivity contribution is -0.0941. The third kappa shape index (κ3) is 4.87. The fourth-order valence-electron chi connectivity index (χ4n) is 5.66. The summed E-state index contributed by atoms with van der Waals surface area (Å²) in [4.78, 5) is 6.06. The molecule has 1 saturated heterocycles. The van der Waals surface area contributed by atoms with Crippen LogP contribution in [0.3, 0.4) is 0 Å². The molecule has 1 fully saturated rings. The fourth-order valence-corrected chi connectivity index (χ4v) is 5.66. The van der Waals surface area contributed by atoms with E-state index in [1.807, 2.05) is 4.90 Å². The van der Waals surface area contributed by atoms with E-state index >= 15 is 13.2 Å². The van der Waals surface area contributed by atoms with Crippen molar-refractivity contribution in [2.24, 2.45) is 0 Å². The Morgan fingerprint density at radius 2 is 1.79 bits per heavy atom. The molecule has 0 spiro atoms. The van der Waals surface area contributed by atoms with Crippen LogP contribution in [0.2, 0.25) is 0 Å². The first-order valence-corrected chi connectivity index (χ1v) is 12.7. The number of para-hydroxylation sites is 1. The van der Waals surface area contributed by atoms with E-state index in [4.69, 9.17) is 0 Å². The molecule has 0 aliphatic carbocycles. The van der Waals surface area contributed by atoms with Crippen molar-refractivity contribution in [1.29, 1.82) is 0 Å². The van der Waals surface area contributed by atoms with Crippen LogP contribution >= 0.6 is 0 Å². The van der Waals surface area contributed by atoms with Gasteiger partial charge in [0.05, 0.1) is 25.3 Å². The maximum atomic E-state index is 15.7. The van der Waals surface area contributed by atoms with E-state index in [0.29, 0.717) is 37.0 Å². The number of nitrogens with one attached hydrogen (secondary N) is 2. The number of anilines is 1. The van der Waals surface area contributed by atoms with Crippen molar-refractivity contribution in [3.8, 4) is 0 Å². The number of hydrogen-bond donors (Lipinski definition) is 3. The minimum absolute atomic E-state index is 0.0682. The third-order valence-corrected chi connectivity index (χ3v) is 7.54. The average molecular weight is 541 g/mol. The number of benzene rings is 2. The summed E-state index contributed by atoms with van der Waals surface area (Å²) in [7, 11) is 0. The summed E-state index contributed by atoms with van der Waals surface area (Å²) in [6.45, 7) is 0.211. The molecule has 1 aromatic heterocycles. The molecule has 3 aromatic rings. The number of nitrogens with zero attached hydrogens (tertiary/aromatic N) is 2. The first-order valence-electron chi connectivity index (χ1n) is 12.7. The number of aliphatic hydroxyl groups is 1. The molecular formula is C27H30F6N4O. The standard InChI is InChI=1S/C27H30F6N4O/c1-15-24(31)22-18-5-2-3-6-21(18)35-25(22)26(37(15)13-27(32,33)14-38)23-19(29)9-16(10-20(23)30)34-17-11-36(12-17)8-4-7-28/h2-3,5-6,9-10,15,17,24,26,34-35,38H,4,7-8,11-14H2,1H3. The number of alkyl halides is 4. The summed E-state index contributed by atoms with van der Waals surface area (Å²) in [6.07, 6.45) is -1.29. The number of rotatable bonds is 9. The van der Waals surface area contributed by atoms with Crippen LogP contribution in [0.5, 0.6) is 0 Å². The van der Waals surface area contributed by atoms with E-state index in [1.54, 1.807) is 24.3 Å². The van der Waals surface area contributed by atoms with Gasteiger partial charge in [-0.3, -0.25) is 14.2 Å². The minimum Gasteiger partial charge on any atom is -0.390 e. The molecule has 2 aliphatic heterocycles. The molecular weight excluding hydrogens is 510 g/mol. The summed E-state index contributed by atoms with van der Waals surface area (Å²) >= 11 is 0. The summed E-state index contributed by atoms with van der Waals surface area (Å²) in [5, 5.41) is 12.8. The lowest BCUT2D eigenvalue weighted by Crippen LogP contribution is -2.54. The molecule has 5 rings (SSSR count).